The Bertz CT molecular complexity index is 271. The highest BCUT2D eigenvalue weighted by atomic mass is 127. The number of halogens is 1. The van der Waals surface area contributed by atoms with Crippen LogP contribution in [0, 0.1) is 0 Å². The molecule has 0 radical (unpaired) electrons. The van der Waals surface area contributed by atoms with Crippen LogP contribution >= 0.6 is 0 Å². The Labute approximate surface area is 82.9 Å². The molecule has 2 heteroatoms. The van der Waals surface area contributed by atoms with Gasteiger partial charge in [0.2, 0.25) is 0 Å². The maximum Gasteiger partial charge on any atom is 0.175 e. The number of fused-ring (bicyclic) bond motifs is 1. The lowest BCUT2D eigenvalue weighted by Gasteiger charge is -1.90. The van der Waals surface area contributed by atoms with Crippen molar-refractivity contribution >= 4 is 12.3 Å². The van der Waals surface area contributed by atoms with Gasteiger partial charge in [-0.3, -0.25) is 0 Å². The Balaban J connectivity index is 0.000000605. The molecule has 0 bridgehead atoms. The van der Waals surface area contributed by atoms with E-state index in [1.54, 1.807) is 6.20 Å². The van der Waals surface area contributed by atoms with Crippen LogP contribution in [0.15, 0.2) is 35.5 Å². The van der Waals surface area contributed by atoms with Crippen molar-refractivity contribution in [1.29, 1.82) is 0 Å². The first-order chi connectivity index (χ1) is 4.97. The highest BCUT2D eigenvalue weighted by Gasteiger charge is 2.06. The molecule has 1 aliphatic rings. The van der Waals surface area contributed by atoms with E-state index in [9.17, 15) is 0 Å². The lowest BCUT2D eigenvalue weighted by Crippen LogP contribution is -3.00. The molecule has 11 heavy (non-hydrogen) atoms. The zero-order valence-electron chi connectivity index (χ0n) is 5.79. The van der Waals surface area contributed by atoms with Crippen molar-refractivity contribution in [2.24, 2.45) is 4.99 Å². The number of benzene rings is 1. The van der Waals surface area contributed by atoms with Crippen LogP contribution in [0.3, 0.4) is 0 Å². The molecule has 0 atom stereocenters. The molecule has 1 nitrogen and oxygen atoms in total. The van der Waals surface area contributed by atoms with Crippen molar-refractivity contribution in [2.45, 2.75) is 0 Å². The predicted molar refractivity (Wildman–Crippen MR) is 42.0 cm³/mol. The Kier molecular flexibility index (Phi) is 2.74. The molecule has 54 valence electrons. The molecular weight excluding hydrogens is 249 g/mol. The first kappa shape index (κ1) is 8.37. The van der Waals surface area contributed by atoms with Crippen LogP contribution in [0.1, 0.15) is 11.1 Å². The predicted octanol–water partition coefficient (Wildman–Crippen LogP) is -1.03. The molecule has 0 unspecified atom stereocenters. The van der Waals surface area contributed by atoms with Crippen LogP contribution in [0.4, 0.5) is 0 Å². The fraction of sp³-hybridized carbons (Fsp3) is 0. The average molecular weight is 255 g/mol. The minimum absolute atomic E-state index is 0. The number of hydrogen-bond acceptors (Lipinski definition) is 1. The largest absolute Gasteiger partial charge is 1.00 e. The third-order valence-corrected chi connectivity index (χ3v) is 1.47. The minimum Gasteiger partial charge on any atom is -1.00 e. The van der Waals surface area contributed by atoms with Crippen molar-refractivity contribution in [3.63, 3.8) is 0 Å². The zero-order valence-corrected chi connectivity index (χ0v) is 7.95. The van der Waals surface area contributed by atoms with Gasteiger partial charge in [0, 0.05) is 12.1 Å². The summed E-state index contributed by atoms with van der Waals surface area (Å²) >= 11 is 0. The molecule has 0 saturated heterocycles. The van der Waals surface area contributed by atoms with E-state index in [1.807, 2.05) is 30.3 Å². The fourth-order valence-corrected chi connectivity index (χ4v) is 0.969. The van der Waals surface area contributed by atoms with Crippen molar-refractivity contribution in [1.82, 2.24) is 0 Å². The van der Waals surface area contributed by atoms with Crippen LogP contribution in [0.5, 0.6) is 0 Å². The molecule has 1 heterocycles. The van der Waals surface area contributed by atoms with Gasteiger partial charge in [0.05, 0.1) is 5.56 Å². The summed E-state index contributed by atoms with van der Waals surface area (Å²) < 4.78 is 0. The highest BCUT2D eigenvalue weighted by Crippen LogP contribution is 2.11. The Morgan fingerprint density at radius 2 is 2.00 bits per heavy atom. The Morgan fingerprint density at radius 1 is 1.18 bits per heavy atom. The van der Waals surface area contributed by atoms with Crippen molar-refractivity contribution in [3.8, 4) is 0 Å². The molecule has 0 N–H and O–H groups in total. The van der Waals surface area contributed by atoms with E-state index in [4.69, 9.17) is 0 Å². The number of aliphatic imine (C=N–C) groups is 1. The molecule has 0 amide bonds. The SMILES string of the molecule is [C+]1=NC=Cc2ccccc21.[I-]. The summed E-state index contributed by atoms with van der Waals surface area (Å²) in [5.41, 5.74) is 2.27. The van der Waals surface area contributed by atoms with E-state index < -0.39 is 0 Å². The summed E-state index contributed by atoms with van der Waals surface area (Å²) in [5.74, 6) is 0. The molecule has 0 saturated carbocycles. The van der Waals surface area contributed by atoms with Crippen molar-refractivity contribution < 1.29 is 24.0 Å². The van der Waals surface area contributed by atoms with Gasteiger partial charge in [0.25, 0.3) is 0 Å². The van der Waals surface area contributed by atoms with Gasteiger partial charge in [-0.15, -0.1) is 4.99 Å². The lowest BCUT2D eigenvalue weighted by molar-refractivity contribution is -0.00000190. The van der Waals surface area contributed by atoms with Crippen LogP contribution < -0.4 is 24.0 Å². The third kappa shape index (κ3) is 1.64. The number of rotatable bonds is 0. The smallest absolute Gasteiger partial charge is 0.175 e. The molecule has 0 aliphatic carbocycles. The summed E-state index contributed by atoms with van der Waals surface area (Å²) in [6.07, 6.45) is 6.63. The quantitative estimate of drug-likeness (QED) is 0.415. The molecule has 1 aromatic carbocycles. The highest BCUT2D eigenvalue weighted by molar-refractivity contribution is 5.88. The molecule has 0 spiro atoms. The fourth-order valence-electron chi connectivity index (χ4n) is 0.969. The first-order valence-corrected chi connectivity index (χ1v) is 3.18. The minimum atomic E-state index is 0. The number of nitrogens with zero attached hydrogens (tertiary/aromatic N) is 1. The molecule has 0 fully saturated rings. The van der Waals surface area contributed by atoms with E-state index in [0.717, 1.165) is 5.56 Å². The van der Waals surface area contributed by atoms with E-state index in [-0.39, 0.29) is 24.0 Å². The van der Waals surface area contributed by atoms with Gasteiger partial charge in [-0.1, -0.05) is 0 Å². The van der Waals surface area contributed by atoms with E-state index in [2.05, 4.69) is 11.2 Å². The molecule has 2 rings (SSSR count). The van der Waals surface area contributed by atoms with Crippen LogP contribution in [0.2, 0.25) is 0 Å². The van der Waals surface area contributed by atoms with E-state index in [1.165, 1.54) is 5.56 Å². The summed E-state index contributed by atoms with van der Waals surface area (Å²) in [6, 6.07) is 8.05. The second-order valence-electron chi connectivity index (χ2n) is 2.14. The summed E-state index contributed by atoms with van der Waals surface area (Å²) in [6.45, 7) is 0. The van der Waals surface area contributed by atoms with Gasteiger partial charge in [-0.25, -0.2) is 0 Å². The molecular formula is C9H6IN. The van der Waals surface area contributed by atoms with Gasteiger partial charge in [-0.05, 0) is 18.2 Å². The molecule has 1 aromatic rings. The zero-order chi connectivity index (χ0) is 6.81. The van der Waals surface area contributed by atoms with Gasteiger partial charge >= 0.3 is 0 Å². The monoisotopic (exact) mass is 255 g/mol. The summed E-state index contributed by atoms with van der Waals surface area (Å²) in [7, 11) is 0. The maximum absolute atomic E-state index is 3.89. The summed E-state index contributed by atoms with van der Waals surface area (Å²) in [4.78, 5) is 3.89. The normalized spacial score (nSPS) is 11.3. The van der Waals surface area contributed by atoms with Crippen molar-refractivity contribution in [2.75, 3.05) is 0 Å². The topological polar surface area (TPSA) is 12.4 Å². The van der Waals surface area contributed by atoms with Crippen LogP contribution in [-0.4, -0.2) is 6.21 Å². The second-order valence-corrected chi connectivity index (χ2v) is 2.14. The van der Waals surface area contributed by atoms with Gasteiger partial charge < -0.3 is 24.0 Å². The number of hydrogen-bond donors (Lipinski definition) is 0. The maximum atomic E-state index is 3.89. The van der Waals surface area contributed by atoms with Crippen LogP contribution in [-0.2, 0) is 0 Å². The second kappa shape index (κ2) is 3.60. The first-order valence-electron chi connectivity index (χ1n) is 3.18. The van der Waals surface area contributed by atoms with Gasteiger partial charge in [-0.2, -0.15) is 0 Å². The Hall–Kier alpha value is -0.730. The van der Waals surface area contributed by atoms with E-state index in [0.29, 0.717) is 0 Å². The molecule has 1 aliphatic heterocycles. The Morgan fingerprint density at radius 3 is 2.82 bits per heavy atom. The standard InChI is InChI=1S/C9H6N.HI/c1-2-4-9-7-10-6-5-8(9)3-1;/h1-6H;1H/q+1;/p-1. The molecule has 0 aromatic heterocycles. The van der Waals surface area contributed by atoms with Crippen molar-refractivity contribution in [3.05, 3.63) is 41.6 Å². The van der Waals surface area contributed by atoms with Crippen LogP contribution in [0.25, 0.3) is 6.08 Å². The third-order valence-electron chi connectivity index (χ3n) is 1.47. The average Bonchev–Trinajstić information content (AvgIpc) is 2.05. The lowest BCUT2D eigenvalue weighted by atomic mass is 10.1. The summed E-state index contributed by atoms with van der Waals surface area (Å²) in [5, 5.41) is 0. The van der Waals surface area contributed by atoms with Gasteiger partial charge in [0.15, 0.2) is 5.56 Å². The van der Waals surface area contributed by atoms with Gasteiger partial charge in [0.1, 0.15) is 12.4 Å². The van der Waals surface area contributed by atoms with E-state index >= 15 is 0 Å².